The Hall–Kier alpha value is -1.80. The molecule has 21 heavy (non-hydrogen) atoms. The second-order valence-corrected chi connectivity index (χ2v) is 6.00. The predicted molar refractivity (Wildman–Crippen MR) is 86.1 cm³/mol. The molecule has 0 saturated heterocycles. The van der Waals surface area contributed by atoms with E-state index in [1.807, 2.05) is 6.26 Å². The van der Waals surface area contributed by atoms with Crippen molar-refractivity contribution in [3.63, 3.8) is 0 Å². The molecule has 8 heteroatoms. The van der Waals surface area contributed by atoms with Crippen LogP contribution in [0.15, 0.2) is 23.5 Å². The first-order valence-corrected chi connectivity index (χ1v) is 8.22. The van der Waals surface area contributed by atoms with Crippen LogP contribution in [0.4, 0.5) is 15.2 Å². The topological polar surface area (TPSA) is 67.2 Å². The van der Waals surface area contributed by atoms with Crippen molar-refractivity contribution in [3.8, 4) is 10.6 Å². The minimum absolute atomic E-state index is 0.109. The van der Waals surface area contributed by atoms with Crippen molar-refractivity contribution in [2.75, 3.05) is 17.3 Å². The number of nitrogens with zero attached hydrogens (tertiary/aromatic N) is 3. The van der Waals surface area contributed by atoms with Gasteiger partial charge in [-0.25, -0.2) is 14.4 Å². The molecule has 0 bridgehead atoms. The molecular weight excluding hydrogens is 311 g/mol. The van der Waals surface area contributed by atoms with Crippen LogP contribution in [-0.2, 0) is 4.79 Å². The molecule has 0 spiro atoms. The van der Waals surface area contributed by atoms with Crippen LogP contribution < -0.4 is 5.32 Å². The highest BCUT2D eigenvalue weighted by atomic mass is 32.2. The second-order valence-electron chi connectivity index (χ2n) is 4.01. The summed E-state index contributed by atoms with van der Waals surface area (Å²) in [5.41, 5.74) is 0.537. The molecule has 0 saturated carbocycles. The fraction of sp³-hybridized carbons (Fsp3) is 0.231. The van der Waals surface area contributed by atoms with Gasteiger partial charge in [0.15, 0.2) is 5.82 Å². The lowest BCUT2D eigenvalue weighted by Gasteiger charge is -2.01. The number of amides is 1. The fourth-order valence-corrected chi connectivity index (χ4v) is 2.85. The van der Waals surface area contributed by atoms with E-state index in [4.69, 9.17) is 0 Å². The predicted octanol–water partition coefficient (Wildman–Crippen LogP) is 3.37. The third kappa shape index (κ3) is 4.08. The van der Waals surface area contributed by atoms with Crippen molar-refractivity contribution < 1.29 is 9.18 Å². The number of carbonyl (C=O) groups is 1. The summed E-state index contributed by atoms with van der Waals surface area (Å²) in [6, 6.07) is 1.33. The van der Waals surface area contributed by atoms with Crippen LogP contribution in [0.3, 0.4) is 0 Å². The molecule has 1 N–H and O–H groups in total. The zero-order valence-corrected chi connectivity index (χ0v) is 12.9. The van der Waals surface area contributed by atoms with Crippen molar-refractivity contribution in [2.24, 2.45) is 4.99 Å². The van der Waals surface area contributed by atoms with Crippen LogP contribution in [-0.4, -0.2) is 34.6 Å². The number of nitrogens with one attached hydrogen (secondary N) is 1. The van der Waals surface area contributed by atoms with Crippen molar-refractivity contribution >= 4 is 46.5 Å². The Labute approximate surface area is 129 Å². The average molecular weight is 324 g/mol. The maximum Gasteiger partial charge on any atom is 0.225 e. The molecule has 110 valence electrons. The van der Waals surface area contributed by atoms with Gasteiger partial charge in [0, 0.05) is 23.9 Å². The van der Waals surface area contributed by atoms with Gasteiger partial charge >= 0.3 is 0 Å². The van der Waals surface area contributed by atoms with Gasteiger partial charge in [0.25, 0.3) is 0 Å². The van der Waals surface area contributed by atoms with E-state index in [0.717, 1.165) is 11.9 Å². The summed E-state index contributed by atoms with van der Waals surface area (Å²) in [6.45, 7) is 3.43. The molecule has 0 aliphatic heterocycles. The molecule has 0 atom stereocenters. The molecule has 2 heterocycles. The number of pyridine rings is 1. The van der Waals surface area contributed by atoms with Crippen LogP contribution in [0.2, 0.25) is 0 Å². The molecule has 2 aromatic heterocycles. The summed E-state index contributed by atoms with van der Waals surface area (Å²) in [7, 11) is 0. The highest BCUT2D eigenvalue weighted by Gasteiger charge is 2.14. The van der Waals surface area contributed by atoms with E-state index in [2.05, 4.69) is 27.0 Å². The van der Waals surface area contributed by atoms with Crippen molar-refractivity contribution in [1.29, 1.82) is 0 Å². The summed E-state index contributed by atoms with van der Waals surface area (Å²) in [5.74, 6) is 0.516. The number of carbonyl (C=O) groups excluding carboxylic acids is 1. The first-order chi connectivity index (χ1) is 10.1. The zero-order valence-electron chi connectivity index (χ0n) is 11.3. The molecule has 0 aliphatic rings. The monoisotopic (exact) mass is 324 g/mol. The normalized spacial score (nSPS) is 10.4. The number of thioether (sulfide) groups is 1. The average Bonchev–Trinajstić information content (AvgIpc) is 2.88. The maximum absolute atomic E-state index is 13.2. The summed E-state index contributed by atoms with van der Waals surface area (Å²) in [6.07, 6.45) is 4.97. The summed E-state index contributed by atoms with van der Waals surface area (Å²) < 4.78 is 13.2. The number of hydrogen-bond acceptors (Lipinski definition) is 6. The zero-order chi connectivity index (χ0) is 15.2. The van der Waals surface area contributed by atoms with E-state index >= 15 is 0 Å². The number of thiazole rings is 1. The lowest BCUT2D eigenvalue weighted by Crippen LogP contribution is -2.11. The smallest absolute Gasteiger partial charge is 0.225 e. The van der Waals surface area contributed by atoms with Gasteiger partial charge in [-0.3, -0.25) is 9.78 Å². The number of hydrogen-bond donors (Lipinski definition) is 1. The number of aromatic nitrogens is 2. The lowest BCUT2D eigenvalue weighted by molar-refractivity contribution is -0.115. The van der Waals surface area contributed by atoms with E-state index in [0.29, 0.717) is 27.8 Å². The Morgan fingerprint density at radius 2 is 2.38 bits per heavy atom. The van der Waals surface area contributed by atoms with Gasteiger partial charge in [-0.05, 0) is 19.0 Å². The van der Waals surface area contributed by atoms with Gasteiger partial charge in [-0.2, -0.15) is 11.8 Å². The third-order valence-corrected chi connectivity index (χ3v) is 4.12. The number of halogens is 1. The molecule has 1 amide bonds. The van der Waals surface area contributed by atoms with Crippen molar-refractivity contribution in [3.05, 3.63) is 24.3 Å². The highest BCUT2D eigenvalue weighted by molar-refractivity contribution is 7.98. The minimum Gasteiger partial charge on any atom is -0.314 e. The van der Waals surface area contributed by atoms with E-state index < -0.39 is 5.82 Å². The Bertz CT molecular complexity index is 659. The van der Waals surface area contributed by atoms with Gasteiger partial charge in [-0.1, -0.05) is 11.3 Å². The van der Waals surface area contributed by atoms with Gasteiger partial charge in [-0.15, -0.1) is 0 Å². The highest BCUT2D eigenvalue weighted by Crippen LogP contribution is 2.36. The number of anilines is 1. The molecular formula is C13H13FN4OS2. The van der Waals surface area contributed by atoms with Gasteiger partial charge in [0.2, 0.25) is 5.91 Å². The first-order valence-electron chi connectivity index (χ1n) is 6.01. The van der Waals surface area contributed by atoms with E-state index in [1.54, 1.807) is 11.8 Å². The van der Waals surface area contributed by atoms with Crippen molar-refractivity contribution in [2.45, 2.75) is 6.42 Å². The molecule has 5 nitrogen and oxygen atoms in total. The van der Waals surface area contributed by atoms with Crippen LogP contribution in [0.1, 0.15) is 6.42 Å². The van der Waals surface area contributed by atoms with Gasteiger partial charge < -0.3 is 5.32 Å². The molecule has 0 radical (unpaired) electrons. The fourth-order valence-electron chi connectivity index (χ4n) is 1.54. The van der Waals surface area contributed by atoms with Gasteiger partial charge in [0.05, 0.1) is 6.20 Å². The van der Waals surface area contributed by atoms with Gasteiger partial charge in [0.1, 0.15) is 15.8 Å². The standard InChI is InChI=1S/C13H13FN4OS2/c1-15-11-13(17-10(19)3-4-20-2)21-12(18-11)8-5-9(14)7-16-6-8/h5-7H,1,3-4H2,2H3,(H,17,19). The van der Waals surface area contributed by atoms with Crippen molar-refractivity contribution in [1.82, 2.24) is 9.97 Å². The van der Waals surface area contributed by atoms with E-state index in [9.17, 15) is 9.18 Å². The lowest BCUT2D eigenvalue weighted by atomic mass is 10.3. The van der Waals surface area contributed by atoms with Crippen LogP contribution in [0.5, 0.6) is 0 Å². The summed E-state index contributed by atoms with van der Waals surface area (Å²) in [4.78, 5) is 23.6. The van der Waals surface area contributed by atoms with Crippen LogP contribution in [0, 0.1) is 5.82 Å². The first kappa shape index (κ1) is 15.6. The quantitative estimate of drug-likeness (QED) is 0.827. The van der Waals surface area contributed by atoms with Crippen LogP contribution in [0.25, 0.3) is 10.6 Å². The molecule has 0 aliphatic carbocycles. The Morgan fingerprint density at radius 3 is 3.05 bits per heavy atom. The SMILES string of the molecule is C=Nc1nc(-c2cncc(F)c2)sc1NC(=O)CCSC. The number of aliphatic imine (C=N–C) groups is 1. The van der Waals surface area contributed by atoms with E-state index in [1.165, 1.54) is 23.6 Å². The summed E-state index contributed by atoms with van der Waals surface area (Å²) in [5, 5.41) is 3.80. The second kappa shape index (κ2) is 7.28. The molecule has 2 aromatic rings. The molecule has 2 rings (SSSR count). The van der Waals surface area contributed by atoms with E-state index in [-0.39, 0.29) is 5.91 Å². The maximum atomic E-state index is 13.2. The molecule has 0 fully saturated rings. The Morgan fingerprint density at radius 1 is 1.57 bits per heavy atom. The third-order valence-electron chi connectivity index (χ3n) is 2.50. The Balaban J connectivity index is 2.23. The Kier molecular flexibility index (Phi) is 5.40. The summed E-state index contributed by atoms with van der Waals surface area (Å²) >= 11 is 2.81. The number of rotatable bonds is 6. The minimum atomic E-state index is -0.443. The van der Waals surface area contributed by atoms with Crippen LogP contribution >= 0.6 is 23.1 Å². The molecule has 0 aromatic carbocycles. The molecule has 0 unspecified atom stereocenters. The largest absolute Gasteiger partial charge is 0.314 e.